The number of ether oxygens (including phenoxy) is 1. The molecule has 140 valence electrons. The molecule has 0 aromatic heterocycles. The molecule has 1 aliphatic rings. The van der Waals surface area contributed by atoms with E-state index in [9.17, 15) is 9.59 Å². The fraction of sp³-hybridized carbons (Fsp3) is 0.556. The summed E-state index contributed by atoms with van der Waals surface area (Å²) in [5.41, 5.74) is 6.00. The molecule has 7 heteroatoms. The summed E-state index contributed by atoms with van der Waals surface area (Å²) in [7, 11) is 0. The van der Waals surface area contributed by atoms with Gasteiger partial charge in [-0.2, -0.15) is 0 Å². The molecule has 0 heterocycles. The van der Waals surface area contributed by atoms with E-state index in [2.05, 4.69) is 5.32 Å². The number of halogens is 1. The Labute approximate surface area is 154 Å². The van der Waals surface area contributed by atoms with Gasteiger partial charge in [0.2, 0.25) is 0 Å². The number of hydrogen-bond donors (Lipinski definition) is 3. The van der Waals surface area contributed by atoms with Crippen LogP contribution < -0.4 is 15.8 Å². The molecule has 0 atom stereocenters. The van der Waals surface area contributed by atoms with Crippen LogP contribution in [0.15, 0.2) is 24.3 Å². The van der Waals surface area contributed by atoms with Gasteiger partial charge in [-0.3, -0.25) is 9.59 Å². The van der Waals surface area contributed by atoms with Crippen molar-refractivity contribution in [1.29, 1.82) is 0 Å². The van der Waals surface area contributed by atoms with Crippen LogP contribution in [0.5, 0.6) is 5.75 Å². The van der Waals surface area contributed by atoms with E-state index in [4.69, 9.17) is 15.6 Å². The van der Waals surface area contributed by atoms with Crippen LogP contribution >= 0.6 is 12.4 Å². The van der Waals surface area contributed by atoms with Crippen molar-refractivity contribution in [2.24, 2.45) is 11.7 Å². The average Bonchev–Trinajstić information content (AvgIpc) is 2.59. The van der Waals surface area contributed by atoms with Crippen molar-refractivity contribution >= 4 is 24.3 Å². The van der Waals surface area contributed by atoms with E-state index in [0.29, 0.717) is 30.4 Å². The zero-order valence-corrected chi connectivity index (χ0v) is 15.1. The maximum absolute atomic E-state index is 12.3. The van der Waals surface area contributed by atoms with Gasteiger partial charge in [0.25, 0.3) is 5.91 Å². The summed E-state index contributed by atoms with van der Waals surface area (Å²) in [6.45, 7) is 0.911. The molecular formula is C18H27ClN2O4. The standard InChI is InChI=1S/C18H26N2O4.ClH/c19-11-12-24-16-8-4-14(5-9-16)18(23)20-15-6-1-13(2-7-15)3-10-17(21)22;/h4-5,8-9,13,15H,1-3,6-7,10-12,19H2,(H,20,23)(H,21,22);1H. The first-order valence-corrected chi connectivity index (χ1v) is 8.54. The predicted octanol–water partition coefficient (Wildman–Crippen LogP) is 2.60. The van der Waals surface area contributed by atoms with E-state index < -0.39 is 5.97 Å². The average molecular weight is 371 g/mol. The predicted molar refractivity (Wildman–Crippen MR) is 98.3 cm³/mol. The van der Waals surface area contributed by atoms with Gasteiger partial charge < -0.3 is 20.9 Å². The molecule has 1 saturated carbocycles. The maximum Gasteiger partial charge on any atom is 0.303 e. The Bertz CT molecular complexity index is 543. The van der Waals surface area contributed by atoms with Crippen LogP contribution in [0.25, 0.3) is 0 Å². The Hall–Kier alpha value is -1.79. The zero-order valence-electron chi connectivity index (χ0n) is 14.3. The molecule has 1 fully saturated rings. The van der Waals surface area contributed by atoms with Gasteiger partial charge in [0.05, 0.1) is 0 Å². The fourth-order valence-corrected chi connectivity index (χ4v) is 3.07. The van der Waals surface area contributed by atoms with Gasteiger partial charge in [0, 0.05) is 24.6 Å². The van der Waals surface area contributed by atoms with Crippen LogP contribution in [-0.4, -0.2) is 36.2 Å². The highest BCUT2D eigenvalue weighted by Gasteiger charge is 2.23. The summed E-state index contributed by atoms with van der Waals surface area (Å²) in [4.78, 5) is 22.9. The lowest BCUT2D eigenvalue weighted by Crippen LogP contribution is -2.37. The smallest absolute Gasteiger partial charge is 0.303 e. The van der Waals surface area contributed by atoms with E-state index in [1.165, 1.54) is 0 Å². The van der Waals surface area contributed by atoms with Crippen molar-refractivity contribution < 1.29 is 19.4 Å². The summed E-state index contributed by atoms with van der Waals surface area (Å²) >= 11 is 0. The zero-order chi connectivity index (χ0) is 17.4. The molecule has 1 aromatic carbocycles. The number of carboxylic acid groups (broad SMARTS) is 1. The van der Waals surface area contributed by atoms with Gasteiger partial charge in [-0.1, -0.05) is 0 Å². The van der Waals surface area contributed by atoms with Crippen molar-refractivity contribution in [3.05, 3.63) is 29.8 Å². The van der Waals surface area contributed by atoms with Crippen molar-refractivity contribution in [1.82, 2.24) is 5.32 Å². The van der Waals surface area contributed by atoms with E-state index in [-0.39, 0.29) is 30.8 Å². The van der Waals surface area contributed by atoms with Crippen molar-refractivity contribution in [3.8, 4) is 5.75 Å². The molecule has 6 nitrogen and oxygen atoms in total. The highest BCUT2D eigenvalue weighted by atomic mass is 35.5. The number of benzene rings is 1. The number of amides is 1. The van der Waals surface area contributed by atoms with Crippen LogP contribution in [0, 0.1) is 5.92 Å². The summed E-state index contributed by atoms with van der Waals surface area (Å²) in [5.74, 6) is 0.364. The van der Waals surface area contributed by atoms with Gasteiger partial charge in [0.1, 0.15) is 12.4 Å². The normalized spacial score (nSPS) is 19.6. The van der Waals surface area contributed by atoms with Crippen molar-refractivity contribution in [2.75, 3.05) is 13.2 Å². The largest absolute Gasteiger partial charge is 0.492 e. The Morgan fingerprint density at radius 3 is 2.36 bits per heavy atom. The molecular weight excluding hydrogens is 344 g/mol. The highest BCUT2D eigenvalue weighted by molar-refractivity contribution is 5.94. The van der Waals surface area contributed by atoms with E-state index in [0.717, 1.165) is 32.1 Å². The summed E-state index contributed by atoms with van der Waals surface area (Å²) in [5, 5.41) is 11.8. The van der Waals surface area contributed by atoms with Gasteiger partial charge in [-0.25, -0.2) is 0 Å². The van der Waals surface area contributed by atoms with E-state index in [1.807, 2.05) is 0 Å². The number of rotatable bonds is 8. The molecule has 2 rings (SSSR count). The molecule has 0 spiro atoms. The third-order valence-corrected chi connectivity index (χ3v) is 4.45. The van der Waals surface area contributed by atoms with Gasteiger partial charge in [-0.15, -0.1) is 12.4 Å². The summed E-state index contributed by atoms with van der Waals surface area (Å²) < 4.78 is 5.39. The van der Waals surface area contributed by atoms with Crippen LogP contribution in [0.3, 0.4) is 0 Å². The molecule has 4 N–H and O–H groups in total. The second kappa shape index (κ2) is 10.9. The number of carbonyl (C=O) groups excluding carboxylic acids is 1. The lowest BCUT2D eigenvalue weighted by atomic mass is 9.83. The lowest BCUT2D eigenvalue weighted by Gasteiger charge is -2.28. The summed E-state index contributed by atoms with van der Waals surface area (Å²) in [6.07, 6.45) is 4.75. The molecule has 0 saturated heterocycles. The first-order valence-electron chi connectivity index (χ1n) is 8.54. The van der Waals surface area contributed by atoms with Gasteiger partial charge in [0.15, 0.2) is 0 Å². The maximum atomic E-state index is 12.3. The van der Waals surface area contributed by atoms with Crippen LogP contribution in [-0.2, 0) is 4.79 Å². The Morgan fingerprint density at radius 1 is 1.16 bits per heavy atom. The molecule has 0 radical (unpaired) electrons. The number of nitrogens with two attached hydrogens (primary N) is 1. The van der Waals surface area contributed by atoms with E-state index >= 15 is 0 Å². The number of nitrogens with one attached hydrogen (secondary N) is 1. The van der Waals surface area contributed by atoms with Crippen LogP contribution in [0.4, 0.5) is 0 Å². The fourth-order valence-electron chi connectivity index (χ4n) is 3.07. The monoisotopic (exact) mass is 370 g/mol. The Kier molecular flexibility index (Phi) is 9.31. The molecule has 1 amide bonds. The quantitative estimate of drug-likeness (QED) is 0.652. The second-order valence-corrected chi connectivity index (χ2v) is 6.29. The van der Waals surface area contributed by atoms with Crippen LogP contribution in [0.2, 0.25) is 0 Å². The van der Waals surface area contributed by atoms with Crippen molar-refractivity contribution in [2.45, 2.75) is 44.6 Å². The molecule has 0 unspecified atom stereocenters. The minimum Gasteiger partial charge on any atom is -0.492 e. The highest BCUT2D eigenvalue weighted by Crippen LogP contribution is 2.28. The van der Waals surface area contributed by atoms with Crippen LogP contribution in [0.1, 0.15) is 48.9 Å². The topological polar surface area (TPSA) is 102 Å². The number of carboxylic acids is 1. The Balaban J connectivity index is 0.00000312. The minimum absolute atomic E-state index is 0. The van der Waals surface area contributed by atoms with Crippen molar-refractivity contribution in [3.63, 3.8) is 0 Å². The third-order valence-electron chi connectivity index (χ3n) is 4.45. The number of carbonyl (C=O) groups is 2. The minimum atomic E-state index is -0.732. The molecule has 1 aromatic rings. The first kappa shape index (κ1) is 21.3. The number of hydrogen-bond acceptors (Lipinski definition) is 4. The number of aliphatic carboxylic acids is 1. The SMILES string of the molecule is Cl.NCCOc1ccc(C(=O)NC2CCC(CCC(=O)O)CC2)cc1. The Morgan fingerprint density at radius 2 is 1.80 bits per heavy atom. The van der Waals surface area contributed by atoms with E-state index in [1.54, 1.807) is 24.3 Å². The van der Waals surface area contributed by atoms with Gasteiger partial charge >= 0.3 is 5.97 Å². The molecule has 25 heavy (non-hydrogen) atoms. The third kappa shape index (κ3) is 7.32. The molecule has 0 aliphatic heterocycles. The lowest BCUT2D eigenvalue weighted by molar-refractivity contribution is -0.137. The summed E-state index contributed by atoms with van der Waals surface area (Å²) in [6, 6.07) is 7.21. The second-order valence-electron chi connectivity index (χ2n) is 6.29. The van der Waals surface area contributed by atoms with Gasteiger partial charge in [-0.05, 0) is 62.3 Å². The first-order chi connectivity index (χ1) is 11.6. The molecule has 1 aliphatic carbocycles. The molecule has 0 bridgehead atoms.